The maximum atomic E-state index is 13.8. The van der Waals surface area contributed by atoms with Crippen LogP contribution in [-0.2, 0) is 0 Å². The highest BCUT2D eigenvalue weighted by Crippen LogP contribution is 2.40. The zero-order valence-corrected chi connectivity index (χ0v) is 15.2. The van der Waals surface area contributed by atoms with Gasteiger partial charge in [0.15, 0.2) is 0 Å². The fraction of sp³-hybridized carbons (Fsp3) is 0.533. The van der Waals surface area contributed by atoms with Crippen molar-refractivity contribution in [1.29, 1.82) is 0 Å². The minimum absolute atomic E-state index is 0.324. The number of rotatable bonds is 2. The van der Waals surface area contributed by atoms with Gasteiger partial charge in [-0.25, -0.2) is 9.18 Å². The Labute approximate surface area is 150 Å². The third-order valence-electron chi connectivity index (χ3n) is 3.91. The molecule has 1 aromatic rings. The zero-order valence-electron chi connectivity index (χ0n) is 13.0. The molecule has 128 valence electrons. The molecule has 0 saturated carbocycles. The van der Waals surface area contributed by atoms with Crippen LogP contribution in [-0.4, -0.2) is 52.9 Å². The molecule has 1 aliphatic heterocycles. The Kier molecular flexibility index (Phi) is 6.00. The number of piperazine rings is 1. The highest BCUT2D eigenvalue weighted by atomic mass is 35.6. The molecule has 1 heterocycles. The summed E-state index contributed by atoms with van der Waals surface area (Å²) in [7, 11) is 1.99. The lowest BCUT2D eigenvalue weighted by molar-refractivity contribution is 0.151. The predicted molar refractivity (Wildman–Crippen MR) is 91.8 cm³/mol. The highest BCUT2D eigenvalue weighted by molar-refractivity contribution is 6.68. The van der Waals surface area contributed by atoms with Crippen molar-refractivity contribution in [2.45, 2.75) is 16.8 Å². The number of nitrogens with one attached hydrogen (secondary N) is 1. The number of likely N-dealkylation sites (N-methyl/N-ethyl adjacent to an activating group) is 1. The van der Waals surface area contributed by atoms with Crippen molar-refractivity contribution in [2.75, 3.05) is 33.2 Å². The van der Waals surface area contributed by atoms with Crippen molar-refractivity contribution < 1.29 is 9.18 Å². The molecule has 1 fully saturated rings. The highest BCUT2D eigenvalue weighted by Gasteiger charge is 2.36. The van der Waals surface area contributed by atoms with Gasteiger partial charge in [-0.05, 0) is 31.2 Å². The Morgan fingerprint density at radius 2 is 1.87 bits per heavy atom. The molecular formula is C15H19Cl3FN3O. The van der Waals surface area contributed by atoms with Crippen LogP contribution in [0.3, 0.4) is 0 Å². The van der Waals surface area contributed by atoms with E-state index < -0.39 is 15.7 Å². The molecule has 2 rings (SSSR count). The monoisotopic (exact) mass is 381 g/mol. The fourth-order valence-corrected chi connectivity index (χ4v) is 2.91. The standard InChI is InChI=1S/C15H19Cl3FN3O/c1-10-3-4-11(9-12(10)19)13(15(16,17)18)20-14(23)22-7-5-21(2)6-8-22/h3-4,9,13H,5-8H2,1-2H3,(H,20,23)/t13-/m0/s1. The molecule has 1 atom stereocenters. The predicted octanol–water partition coefficient (Wildman–Crippen LogP) is 3.50. The molecule has 1 aromatic carbocycles. The summed E-state index contributed by atoms with van der Waals surface area (Å²) in [6.07, 6.45) is 0. The van der Waals surface area contributed by atoms with Crippen LogP contribution in [0.4, 0.5) is 9.18 Å². The summed E-state index contributed by atoms with van der Waals surface area (Å²) < 4.78 is 12.0. The van der Waals surface area contributed by atoms with Gasteiger partial charge in [-0.1, -0.05) is 46.9 Å². The van der Waals surface area contributed by atoms with E-state index in [2.05, 4.69) is 10.2 Å². The van der Waals surface area contributed by atoms with Crippen LogP contribution in [0, 0.1) is 12.7 Å². The first-order chi connectivity index (χ1) is 10.7. The minimum Gasteiger partial charge on any atom is -0.327 e. The van der Waals surface area contributed by atoms with Crippen molar-refractivity contribution in [3.8, 4) is 0 Å². The molecule has 8 heteroatoms. The zero-order chi connectivity index (χ0) is 17.2. The van der Waals surface area contributed by atoms with Gasteiger partial charge in [0, 0.05) is 26.2 Å². The quantitative estimate of drug-likeness (QED) is 0.795. The molecular weight excluding hydrogens is 364 g/mol. The number of urea groups is 1. The number of halogens is 4. The van der Waals surface area contributed by atoms with Gasteiger partial charge >= 0.3 is 6.03 Å². The maximum absolute atomic E-state index is 13.8. The topological polar surface area (TPSA) is 35.6 Å². The molecule has 2 amide bonds. The molecule has 23 heavy (non-hydrogen) atoms. The molecule has 0 unspecified atom stereocenters. The summed E-state index contributed by atoms with van der Waals surface area (Å²) in [6, 6.07) is 3.27. The van der Waals surface area contributed by atoms with Crippen LogP contribution >= 0.6 is 34.8 Å². The normalized spacial score (nSPS) is 17.9. The average Bonchev–Trinajstić information content (AvgIpc) is 2.47. The number of amides is 2. The molecule has 1 saturated heterocycles. The summed E-state index contributed by atoms with van der Waals surface area (Å²) in [6.45, 7) is 4.40. The molecule has 0 radical (unpaired) electrons. The summed E-state index contributed by atoms with van der Waals surface area (Å²) in [5, 5.41) is 2.71. The Morgan fingerprint density at radius 1 is 1.26 bits per heavy atom. The first-order valence-corrected chi connectivity index (χ1v) is 8.38. The molecule has 1 N–H and O–H groups in total. The van der Waals surface area contributed by atoms with Gasteiger partial charge in [-0.15, -0.1) is 0 Å². The molecule has 0 spiro atoms. The first-order valence-electron chi connectivity index (χ1n) is 7.25. The van der Waals surface area contributed by atoms with E-state index in [1.54, 1.807) is 24.0 Å². The number of alkyl halides is 3. The third kappa shape index (κ3) is 4.86. The van der Waals surface area contributed by atoms with Gasteiger partial charge in [0.25, 0.3) is 0 Å². The first kappa shape index (κ1) is 18.6. The van der Waals surface area contributed by atoms with Crippen LogP contribution in [0.1, 0.15) is 17.2 Å². The van der Waals surface area contributed by atoms with E-state index in [0.717, 1.165) is 13.1 Å². The number of benzene rings is 1. The Balaban J connectivity index is 2.16. The number of hydrogen-bond acceptors (Lipinski definition) is 2. The summed E-state index contributed by atoms with van der Waals surface area (Å²) >= 11 is 18.0. The summed E-state index contributed by atoms with van der Waals surface area (Å²) in [5.41, 5.74) is 0.901. The van der Waals surface area contributed by atoms with Crippen molar-refractivity contribution in [3.63, 3.8) is 0 Å². The Hall–Kier alpha value is -0.750. The van der Waals surface area contributed by atoms with Crippen molar-refractivity contribution in [3.05, 3.63) is 35.1 Å². The molecule has 4 nitrogen and oxygen atoms in total. The molecule has 0 aromatic heterocycles. The second-order valence-corrected chi connectivity index (χ2v) is 8.09. The number of carbonyl (C=O) groups is 1. The van der Waals surface area contributed by atoms with Gasteiger partial charge in [0.2, 0.25) is 3.79 Å². The number of carbonyl (C=O) groups excluding carboxylic acids is 1. The number of nitrogens with zero attached hydrogens (tertiary/aromatic N) is 2. The Bertz CT molecular complexity index is 572. The van der Waals surface area contributed by atoms with E-state index in [-0.39, 0.29) is 6.03 Å². The lowest BCUT2D eigenvalue weighted by Gasteiger charge is -2.35. The van der Waals surface area contributed by atoms with E-state index >= 15 is 0 Å². The van der Waals surface area contributed by atoms with Crippen molar-refractivity contribution >= 4 is 40.8 Å². The molecule has 0 aliphatic carbocycles. The van der Waals surface area contributed by atoms with Crippen LogP contribution in [0.15, 0.2) is 18.2 Å². The minimum atomic E-state index is -1.79. The van der Waals surface area contributed by atoms with E-state index in [4.69, 9.17) is 34.8 Å². The Morgan fingerprint density at radius 3 is 2.39 bits per heavy atom. The summed E-state index contributed by atoms with van der Waals surface area (Å²) in [5.74, 6) is -0.407. The average molecular weight is 383 g/mol. The van der Waals surface area contributed by atoms with Gasteiger partial charge in [-0.2, -0.15) is 0 Å². The van der Waals surface area contributed by atoms with Gasteiger partial charge in [0.05, 0.1) is 0 Å². The lowest BCUT2D eigenvalue weighted by atomic mass is 10.1. The van der Waals surface area contributed by atoms with Crippen LogP contribution < -0.4 is 5.32 Å². The third-order valence-corrected chi connectivity index (χ3v) is 4.57. The van der Waals surface area contributed by atoms with Crippen LogP contribution in [0.25, 0.3) is 0 Å². The van der Waals surface area contributed by atoms with E-state index in [0.29, 0.717) is 24.2 Å². The van der Waals surface area contributed by atoms with Crippen LogP contribution in [0.2, 0.25) is 0 Å². The smallest absolute Gasteiger partial charge is 0.318 e. The van der Waals surface area contributed by atoms with Gasteiger partial charge in [0.1, 0.15) is 11.9 Å². The van der Waals surface area contributed by atoms with E-state index in [1.165, 1.54) is 6.07 Å². The largest absolute Gasteiger partial charge is 0.327 e. The van der Waals surface area contributed by atoms with Crippen molar-refractivity contribution in [2.24, 2.45) is 0 Å². The number of hydrogen-bond donors (Lipinski definition) is 1. The second kappa shape index (κ2) is 7.43. The second-order valence-electron chi connectivity index (χ2n) is 5.72. The SMILES string of the molecule is Cc1ccc([C@H](NC(=O)N2CCN(C)CC2)C(Cl)(Cl)Cl)cc1F. The molecule has 1 aliphatic rings. The van der Waals surface area contributed by atoms with Gasteiger partial charge in [-0.3, -0.25) is 0 Å². The lowest BCUT2D eigenvalue weighted by Crippen LogP contribution is -2.52. The molecule has 0 bridgehead atoms. The van der Waals surface area contributed by atoms with Crippen LogP contribution in [0.5, 0.6) is 0 Å². The van der Waals surface area contributed by atoms with Crippen molar-refractivity contribution in [1.82, 2.24) is 15.1 Å². The fourth-order valence-electron chi connectivity index (χ4n) is 2.37. The maximum Gasteiger partial charge on any atom is 0.318 e. The summed E-state index contributed by atoms with van der Waals surface area (Å²) in [4.78, 5) is 16.2. The van der Waals surface area contributed by atoms with Gasteiger partial charge < -0.3 is 15.1 Å². The van der Waals surface area contributed by atoms with E-state index in [9.17, 15) is 9.18 Å². The number of aryl methyl sites for hydroxylation is 1. The van der Waals surface area contributed by atoms with E-state index in [1.807, 2.05) is 7.05 Å².